The first-order valence-electron chi connectivity index (χ1n) is 1.66. The summed E-state index contributed by atoms with van der Waals surface area (Å²) in [5, 5.41) is 15.5. The molecule has 0 aliphatic rings. The van der Waals surface area contributed by atoms with Gasteiger partial charge in [-0.3, -0.25) is 0 Å². The molecule has 0 aliphatic carbocycles. The van der Waals surface area contributed by atoms with Gasteiger partial charge in [0, 0.05) is 0 Å². The van der Waals surface area contributed by atoms with E-state index >= 15 is 0 Å². The number of aliphatic hydroxyl groups is 1. The fourth-order valence-corrected chi connectivity index (χ4v) is 0. The smallest absolute Gasteiger partial charge is 0.373 e. The summed E-state index contributed by atoms with van der Waals surface area (Å²) in [6.45, 7) is 2.71. The van der Waals surface area contributed by atoms with E-state index in [1.165, 1.54) is 0 Å². The largest absolute Gasteiger partial charge is 0.502 e. The number of hydrogen-bond acceptors (Lipinski definition) is 4. The molecule has 0 atom stereocenters. The van der Waals surface area contributed by atoms with E-state index < -0.39 is 11.7 Å². The highest BCUT2D eigenvalue weighted by atomic mass is 16.4. The molecular weight excluding hydrogens is 128 g/mol. The van der Waals surface area contributed by atoms with Gasteiger partial charge in [0.1, 0.15) is 0 Å². The number of aliphatic carboxylic acids is 1. The molecule has 0 aliphatic heterocycles. The molecule has 2 N–H and O–H groups in total. The molecule has 0 saturated heterocycles. The summed E-state index contributed by atoms with van der Waals surface area (Å²) in [6.07, 6.45) is 0.250. The highest BCUT2D eigenvalue weighted by Crippen LogP contribution is 1.75. The molecule has 0 rings (SSSR count). The number of rotatable bonds is 1. The highest BCUT2D eigenvalue weighted by molar-refractivity contribution is 5.82. The fraction of sp³-hybridized carbons (Fsp3) is 0. The summed E-state index contributed by atoms with van der Waals surface area (Å²) < 4.78 is 0. The van der Waals surface area contributed by atoms with Crippen LogP contribution in [0.3, 0.4) is 0 Å². The lowest BCUT2D eigenvalue weighted by molar-refractivity contribution is -0.191. The second-order valence-corrected chi connectivity index (χ2v) is 0.835. The Kier molecular flexibility index (Phi) is 7.37. The molecule has 0 unspecified atom stereocenters. The minimum atomic E-state index is -1.38. The quantitative estimate of drug-likeness (QED) is 0.372. The van der Waals surface area contributed by atoms with Crippen molar-refractivity contribution in [1.29, 1.82) is 0 Å². The number of carbonyl (C=O) groups excluding carboxylic acids is 2. The van der Waals surface area contributed by atoms with Gasteiger partial charge in [-0.2, -0.15) is 9.59 Å². The summed E-state index contributed by atoms with van der Waals surface area (Å²) in [4.78, 5) is 25.6. The zero-order chi connectivity index (χ0) is 7.86. The zero-order valence-electron chi connectivity index (χ0n) is 4.33. The Balaban J connectivity index is 0. The van der Waals surface area contributed by atoms with E-state index in [9.17, 15) is 4.79 Å². The van der Waals surface area contributed by atoms with Crippen molar-refractivity contribution in [3.05, 3.63) is 12.3 Å². The van der Waals surface area contributed by atoms with E-state index in [-0.39, 0.29) is 6.15 Å². The van der Waals surface area contributed by atoms with Crippen LogP contribution in [0, 0.1) is 0 Å². The normalized spacial score (nSPS) is 5.78. The summed E-state index contributed by atoms with van der Waals surface area (Å²) in [6, 6.07) is 0. The van der Waals surface area contributed by atoms with Gasteiger partial charge in [-0.15, -0.1) is 0 Å². The number of aliphatic hydroxyl groups excluding tert-OH is 1. The first-order chi connectivity index (χ1) is 4.06. The second kappa shape index (κ2) is 6.39. The molecule has 0 radical (unpaired) electrons. The molecule has 0 aromatic carbocycles. The minimum Gasteiger partial charge on any atom is -0.502 e. The van der Waals surface area contributed by atoms with Crippen LogP contribution in [-0.4, -0.2) is 22.3 Å². The van der Waals surface area contributed by atoms with E-state index in [0.29, 0.717) is 0 Å². The molecule has 0 heterocycles. The van der Waals surface area contributed by atoms with E-state index in [1.54, 1.807) is 0 Å². The Morgan fingerprint density at radius 2 is 1.44 bits per heavy atom. The predicted molar refractivity (Wildman–Crippen MR) is 24.4 cm³/mol. The van der Waals surface area contributed by atoms with Crippen molar-refractivity contribution in [3.8, 4) is 0 Å². The average molecular weight is 132 g/mol. The van der Waals surface area contributed by atoms with Crippen molar-refractivity contribution >= 4 is 12.1 Å². The van der Waals surface area contributed by atoms with Crippen molar-refractivity contribution in [2.75, 3.05) is 0 Å². The van der Waals surface area contributed by atoms with E-state index in [0.717, 1.165) is 0 Å². The van der Waals surface area contributed by atoms with E-state index in [4.69, 9.17) is 19.8 Å². The summed E-state index contributed by atoms with van der Waals surface area (Å²) in [5.74, 6) is -2.20. The van der Waals surface area contributed by atoms with Gasteiger partial charge in [-0.05, 0) is 6.58 Å². The van der Waals surface area contributed by atoms with Crippen molar-refractivity contribution in [2.45, 2.75) is 0 Å². The van der Waals surface area contributed by atoms with Crippen LogP contribution in [0.2, 0.25) is 0 Å². The first kappa shape index (κ1) is 10.4. The maximum atomic E-state index is 9.35. The molecule has 5 nitrogen and oxygen atoms in total. The first-order valence-corrected chi connectivity index (χ1v) is 1.66. The average Bonchev–Trinajstić information content (AvgIpc) is 1.68. The van der Waals surface area contributed by atoms with Crippen molar-refractivity contribution in [2.24, 2.45) is 0 Å². The minimum absolute atomic E-state index is 0.250. The van der Waals surface area contributed by atoms with Crippen LogP contribution in [0.4, 0.5) is 0 Å². The Morgan fingerprint density at radius 3 is 1.44 bits per heavy atom. The highest BCUT2D eigenvalue weighted by Gasteiger charge is 1.94. The Labute approximate surface area is 50.2 Å². The predicted octanol–water partition coefficient (Wildman–Crippen LogP) is -0.441. The fourth-order valence-electron chi connectivity index (χ4n) is 0. The third-order valence-electron chi connectivity index (χ3n) is 0.247. The molecule has 5 heteroatoms. The van der Waals surface area contributed by atoms with Crippen molar-refractivity contribution in [1.82, 2.24) is 0 Å². The van der Waals surface area contributed by atoms with Crippen LogP contribution in [0.25, 0.3) is 0 Å². The standard InChI is InChI=1S/C3H4O3.CO2/c1-2(4)3(5)6;2-1-3/h4H,1H2,(H,5,6);. The molecule has 0 spiro atoms. The van der Waals surface area contributed by atoms with Gasteiger partial charge in [0.05, 0.1) is 0 Å². The topological polar surface area (TPSA) is 91.7 Å². The third kappa shape index (κ3) is 21.6. The lowest BCUT2D eigenvalue weighted by Gasteiger charge is -1.79. The lowest BCUT2D eigenvalue weighted by Crippen LogP contribution is -1.95. The van der Waals surface area contributed by atoms with Crippen LogP contribution in [0.15, 0.2) is 12.3 Å². The van der Waals surface area contributed by atoms with Crippen LogP contribution >= 0.6 is 0 Å². The lowest BCUT2D eigenvalue weighted by atomic mass is 10.6. The molecule has 0 bridgehead atoms. The van der Waals surface area contributed by atoms with Crippen molar-refractivity contribution < 1.29 is 24.6 Å². The number of carboxylic acid groups (broad SMARTS) is 1. The van der Waals surface area contributed by atoms with Crippen LogP contribution in [-0.2, 0) is 14.4 Å². The van der Waals surface area contributed by atoms with Crippen LogP contribution in [0.5, 0.6) is 0 Å². The second-order valence-electron chi connectivity index (χ2n) is 0.835. The SMILES string of the molecule is C=C(O)C(=O)O.O=C=O. The molecule has 0 saturated carbocycles. The van der Waals surface area contributed by atoms with Gasteiger partial charge in [0.15, 0.2) is 5.76 Å². The zero-order valence-corrected chi connectivity index (χ0v) is 4.33. The maximum absolute atomic E-state index is 9.35. The van der Waals surface area contributed by atoms with Crippen LogP contribution in [0.1, 0.15) is 0 Å². The van der Waals surface area contributed by atoms with Gasteiger partial charge in [0.25, 0.3) is 0 Å². The maximum Gasteiger partial charge on any atom is 0.373 e. The number of hydrogen-bond donors (Lipinski definition) is 2. The molecule has 50 valence electrons. The number of carboxylic acids is 1. The molecule has 9 heavy (non-hydrogen) atoms. The summed E-state index contributed by atoms with van der Waals surface area (Å²) in [7, 11) is 0. The van der Waals surface area contributed by atoms with Gasteiger partial charge in [-0.25, -0.2) is 4.79 Å². The monoisotopic (exact) mass is 132 g/mol. The van der Waals surface area contributed by atoms with Gasteiger partial charge >= 0.3 is 12.1 Å². The van der Waals surface area contributed by atoms with Crippen molar-refractivity contribution in [3.63, 3.8) is 0 Å². The Hall–Kier alpha value is -1.61. The van der Waals surface area contributed by atoms with Gasteiger partial charge < -0.3 is 10.2 Å². The Bertz CT molecular complexity index is 129. The summed E-state index contributed by atoms with van der Waals surface area (Å²) in [5.41, 5.74) is 0. The molecule has 0 fully saturated rings. The third-order valence-corrected chi connectivity index (χ3v) is 0.247. The van der Waals surface area contributed by atoms with Gasteiger partial charge in [-0.1, -0.05) is 0 Å². The molecular formula is C4H4O5. The van der Waals surface area contributed by atoms with Crippen LogP contribution < -0.4 is 0 Å². The molecule has 0 aromatic heterocycles. The van der Waals surface area contributed by atoms with E-state index in [2.05, 4.69) is 6.58 Å². The molecule has 0 amide bonds. The van der Waals surface area contributed by atoms with E-state index in [1.807, 2.05) is 0 Å². The molecule has 0 aromatic rings. The summed E-state index contributed by atoms with van der Waals surface area (Å²) >= 11 is 0. The van der Waals surface area contributed by atoms with Gasteiger partial charge in [0.2, 0.25) is 0 Å². The Morgan fingerprint density at radius 1 is 1.33 bits per heavy atom. The number of carbonyl (C=O) groups is 1.